The van der Waals surface area contributed by atoms with E-state index in [4.69, 9.17) is 4.98 Å². The predicted octanol–water partition coefficient (Wildman–Crippen LogP) is 3.54. The van der Waals surface area contributed by atoms with E-state index in [1.807, 2.05) is 38.1 Å². The smallest absolute Gasteiger partial charge is 0.228 e. The summed E-state index contributed by atoms with van der Waals surface area (Å²) < 4.78 is 1.71. The number of amides is 2. The number of rotatable bonds is 3. The van der Waals surface area contributed by atoms with Gasteiger partial charge in [-0.25, -0.2) is 4.98 Å². The van der Waals surface area contributed by atoms with Crippen LogP contribution in [0.3, 0.4) is 0 Å². The molecule has 0 radical (unpaired) electrons. The van der Waals surface area contributed by atoms with E-state index in [0.29, 0.717) is 37.6 Å². The fraction of sp³-hybridized carbons (Fsp3) is 0.391. The second kappa shape index (κ2) is 7.89. The van der Waals surface area contributed by atoms with Crippen LogP contribution < -0.4 is 5.32 Å². The summed E-state index contributed by atoms with van der Waals surface area (Å²) in [6.45, 7) is 8.82. The van der Waals surface area contributed by atoms with Crippen LogP contribution in [0.25, 0.3) is 16.7 Å². The third kappa shape index (κ3) is 3.79. The van der Waals surface area contributed by atoms with Crippen molar-refractivity contribution in [2.75, 3.05) is 18.4 Å². The molecule has 7 heteroatoms. The van der Waals surface area contributed by atoms with Gasteiger partial charge in [0.05, 0.1) is 11.2 Å². The van der Waals surface area contributed by atoms with Gasteiger partial charge in [-0.1, -0.05) is 18.2 Å². The van der Waals surface area contributed by atoms with Gasteiger partial charge >= 0.3 is 0 Å². The van der Waals surface area contributed by atoms with Crippen LogP contribution in [0.5, 0.6) is 0 Å². The van der Waals surface area contributed by atoms with Crippen molar-refractivity contribution in [3.63, 3.8) is 0 Å². The van der Waals surface area contributed by atoms with Crippen LogP contribution in [-0.2, 0) is 9.59 Å². The normalized spacial score (nSPS) is 14.9. The number of hydrogen-bond acceptors (Lipinski definition) is 4. The van der Waals surface area contributed by atoms with Crippen molar-refractivity contribution in [3.05, 3.63) is 47.2 Å². The molecule has 3 aromatic rings. The largest absolute Gasteiger partial charge is 0.343 e. The number of piperidine rings is 1. The Bertz CT molecular complexity index is 1130. The van der Waals surface area contributed by atoms with Crippen molar-refractivity contribution in [2.24, 2.45) is 5.92 Å². The number of nitrogens with one attached hydrogen (secondary N) is 1. The number of likely N-dealkylation sites (tertiary alicyclic amines) is 1. The molecule has 0 aliphatic carbocycles. The lowest BCUT2D eigenvalue weighted by Gasteiger charge is -2.30. The number of carbonyl (C=O) groups excluding carboxylic acids is 2. The number of aromatic nitrogens is 3. The number of pyridine rings is 1. The van der Waals surface area contributed by atoms with Gasteiger partial charge in [-0.15, -0.1) is 0 Å². The standard InChI is InChI=1S/C23H27N5O2/c1-14-6-5-7-19-15(2)12-20(24-22(14)19)28-21(13-16(3)26-28)25-23(30)18-8-10-27(11-9-18)17(4)29/h5-7,12-13,18H,8-11H2,1-4H3,(H,25,30). The summed E-state index contributed by atoms with van der Waals surface area (Å²) >= 11 is 0. The zero-order valence-electron chi connectivity index (χ0n) is 17.9. The number of fused-ring (bicyclic) bond motifs is 1. The van der Waals surface area contributed by atoms with Gasteiger partial charge in [-0.2, -0.15) is 9.78 Å². The first kappa shape index (κ1) is 20.1. The molecule has 1 aliphatic rings. The molecule has 0 unspecified atom stereocenters. The molecular formula is C23H27N5O2. The van der Waals surface area contributed by atoms with Gasteiger partial charge < -0.3 is 10.2 Å². The number of anilines is 1. The molecule has 1 N–H and O–H groups in total. The molecule has 4 rings (SSSR count). The fourth-order valence-corrected chi connectivity index (χ4v) is 4.10. The second-order valence-electron chi connectivity index (χ2n) is 8.12. The first-order valence-corrected chi connectivity index (χ1v) is 10.3. The van der Waals surface area contributed by atoms with Crippen molar-refractivity contribution in [1.82, 2.24) is 19.7 Å². The first-order valence-electron chi connectivity index (χ1n) is 10.3. The lowest BCUT2D eigenvalue weighted by molar-refractivity contribution is -0.132. The van der Waals surface area contributed by atoms with Crippen LogP contribution in [0.2, 0.25) is 0 Å². The molecular weight excluding hydrogens is 378 g/mol. The SMILES string of the molecule is CC(=O)N1CCC(C(=O)Nc2cc(C)nn2-c2cc(C)c3cccc(C)c3n2)CC1. The lowest BCUT2D eigenvalue weighted by Crippen LogP contribution is -2.40. The fourth-order valence-electron chi connectivity index (χ4n) is 4.10. The van der Waals surface area contributed by atoms with E-state index in [2.05, 4.69) is 23.4 Å². The van der Waals surface area contributed by atoms with Crippen molar-refractivity contribution in [2.45, 2.75) is 40.5 Å². The molecule has 0 atom stereocenters. The van der Waals surface area contributed by atoms with Gasteiger partial charge in [0, 0.05) is 37.4 Å². The highest BCUT2D eigenvalue weighted by atomic mass is 16.2. The van der Waals surface area contributed by atoms with Gasteiger partial charge in [0.2, 0.25) is 11.8 Å². The quantitative estimate of drug-likeness (QED) is 0.723. The zero-order chi connectivity index (χ0) is 21.4. The van der Waals surface area contributed by atoms with Gasteiger partial charge in [0.15, 0.2) is 5.82 Å². The van der Waals surface area contributed by atoms with E-state index < -0.39 is 0 Å². The van der Waals surface area contributed by atoms with Gasteiger partial charge in [0.1, 0.15) is 5.82 Å². The van der Waals surface area contributed by atoms with E-state index in [9.17, 15) is 9.59 Å². The summed E-state index contributed by atoms with van der Waals surface area (Å²) in [4.78, 5) is 31.0. The molecule has 2 amide bonds. The molecule has 1 saturated heterocycles. The number of aryl methyl sites for hydroxylation is 3. The van der Waals surface area contributed by atoms with Gasteiger partial charge in [-0.05, 0) is 50.8 Å². The van der Waals surface area contributed by atoms with E-state index in [0.717, 1.165) is 27.7 Å². The third-order valence-electron chi connectivity index (χ3n) is 5.85. The average Bonchev–Trinajstić information content (AvgIpc) is 3.08. The highest BCUT2D eigenvalue weighted by molar-refractivity contribution is 5.92. The lowest BCUT2D eigenvalue weighted by atomic mass is 9.96. The molecule has 156 valence electrons. The Labute approximate surface area is 176 Å². The maximum absolute atomic E-state index is 12.9. The molecule has 30 heavy (non-hydrogen) atoms. The van der Waals surface area contributed by atoms with Crippen LogP contribution in [0.1, 0.15) is 36.6 Å². The summed E-state index contributed by atoms with van der Waals surface area (Å²) in [7, 11) is 0. The Balaban J connectivity index is 1.61. The minimum atomic E-state index is -0.113. The predicted molar refractivity (Wildman–Crippen MR) is 117 cm³/mol. The molecule has 0 spiro atoms. The van der Waals surface area contributed by atoms with Crippen molar-refractivity contribution in [1.29, 1.82) is 0 Å². The van der Waals surface area contributed by atoms with E-state index in [-0.39, 0.29) is 17.7 Å². The maximum atomic E-state index is 12.9. The Kier molecular flexibility index (Phi) is 5.28. The minimum Gasteiger partial charge on any atom is -0.343 e. The maximum Gasteiger partial charge on any atom is 0.228 e. The van der Waals surface area contributed by atoms with E-state index in [1.165, 1.54) is 0 Å². The van der Waals surface area contributed by atoms with Crippen LogP contribution in [0.15, 0.2) is 30.3 Å². The molecule has 1 aliphatic heterocycles. The monoisotopic (exact) mass is 405 g/mol. The van der Waals surface area contributed by atoms with E-state index >= 15 is 0 Å². The first-order chi connectivity index (χ1) is 14.3. The Morgan fingerprint density at radius 1 is 1.07 bits per heavy atom. The van der Waals surface area contributed by atoms with Crippen molar-refractivity contribution >= 4 is 28.5 Å². The molecule has 1 aromatic carbocycles. The average molecular weight is 406 g/mol. The Hall–Kier alpha value is -3.22. The van der Waals surface area contributed by atoms with Crippen molar-refractivity contribution in [3.8, 4) is 5.82 Å². The second-order valence-corrected chi connectivity index (χ2v) is 8.12. The molecule has 0 saturated carbocycles. The summed E-state index contributed by atoms with van der Waals surface area (Å²) in [5.41, 5.74) is 3.96. The number of carbonyl (C=O) groups is 2. The summed E-state index contributed by atoms with van der Waals surface area (Å²) in [6.07, 6.45) is 1.34. The number of para-hydroxylation sites is 1. The highest BCUT2D eigenvalue weighted by Gasteiger charge is 2.27. The molecule has 3 heterocycles. The Morgan fingerprint density at radius 3 is 2.50 bits per heavy atom. The van der Waals surface area contributed by atoms with Crippen LogP contribution in [-0.4, -0.2) is 44.6 Å². The zero-order valence-corrected chi connectivity index (χ0v) is 17.9. The van der Waals surface area contributed by atoms with Crippen molar-refractivity contribution < 1.29 is 9.59 Å². The van der Waals surface area contributed by atoms with Gasteiger partial charge in [0.25, 0.3) is 0 Å². The third-order valence-corrected chi connectivity index (χ3v) is 5.85. The van der Waals surface area contributed by atoms with Crippen LogP contribution in [0, 0.1) is 26.7 Å². The number of benzene rings is 1. The summed E-state index contributed by atoms with van der Waals surface area (Å²) in [5, 5.41) is 8.74. The minimum absolute atomic E-state index is 0.0342. The van der Waals surface area contributed by atoms with E-state index in [1.54, 1.807) is 16.5 Å². The summed E-state index contributed by atoms with van der Waals surface area (Å²) in [5.74, 6) is 1.22. The van der Waals surface area contributed by atoms with Crippen LogP contribution in [0.4, 0.5) is 5.82 Å². The number of hydrogen-bond donors (Lipinski definition) is 1. The molecule has 7 nitrogen and oxygen atoms in total. The van der Waals surface area contributed by atoms with Gasteiger partial charge in [-0.3, -0.25) is 9.59 Å². The number of nitrogens with zero attached hydrogens (tertiary/aromatic N) is 4. The van der Waals surface area contributed by atoms with Crippen LogP contribution >= 0.6 is 0 Å². The molecule has 0 bridgehead atoms. The summed E-state index contributed by atoms with van der Waals surface area (Å²) in [6, 6.07) is 10.0. The topological polar surface area (TPSA) is 80.1 Å². The highest BCUT2D eigenvalue weighted by Crippen LogP contribution is 2.25. The molecule has 1 fully saturated rings. The molecule has 2 aromatic heterocycles. The Morgan fingerprint density at radius 2 is 1.80 bits per heavy atom.